The number of sulfonamides is 1. The Morgan fingerprint density at radius 3 is 2.45 bits per heavy atom. The minimum Gasteiger partial charge on any atom is -0.352 e. The summed E-state index contributed by atoms with van der Waals surface area (Å²) in [6.07, 6.45) is 1.48. The monoisotopic (exact) mass is 419 g/mol. The van der Waals surface area contributed by atoms with Crippen LogP contribution in [0.2, 0.25) is 0 Å². The average Bonchev–Trinajstić information content (AvgIpc) is 2.64. The van der Waals surface area contributed by atoms with Crippen molar-refractivity contribution in [1.82, 2.24) is 5.32 Å². The molecule has 0 heterocycles. The molecule has 0 bridgehead atoms. The zero-order valence-electron chi connectivity index (χ0n) is 16.7. The van der Waals surface area contributed by atoms with Crippen LogP contribution in [0.5, 0.6) is 0 Å². The average molecular weight is 420 g/mol. The van der Waals surface area contributed by atoms with Crippen LogP contribution in [0.4, 0.5) is 11.4 Å². The normalized spacial score (nSPS) is 11.1. The van der Waals surface area contributed by atoms with Crippen LogP contribution in [0.25, 0.3) is 0 Å². The molecular formula is C20H25N3O5S. The molecule has 0 fully saturated rings. The molecule has 156 valence electrons. The van der Waals surface area contributed by atoms with Gasteiger partial charge < -0.3 is 5.32 Å². The zero-order chi connectivity index (χ0) is 21.6. The number of nitro benzene ring substituents is 1. The van der Waals surface area contributed by atoms with Crippen LogP contribution in [0, 0.1) is 24.0 Å². The standard InChI is InChI=1S/C20H25N3O5S/c1-15-7-4-5-8-17(15)14-21-20(24)9-6-12-22(29(3,27)28)19-13-18(23(25)26)11-10-16(19)2/h4-5,7-8,10-11,13H,6,9,12,14H2,1-3H3,(H,21,24). The van der Waals surface area contributed by atoms with Gasteiger partial charge in [0.25, 0.3) is 5.69 Å². The fourth-order valence-corrected chi connectivity index (χ4v) is 3.93. The third-order valence-corrected chi connectivity index (χ3v) is 5.75. The lowest BCUT2D eigenvalue weighted by Crippen LogP contribution is -2.32. The number of amides is 1. The van der Waals surface area contributed by atoms with E-state index in [2.05, 4.69) is 5.32 Å². The van der Waals surface area contributed by atoms with E-state index in [1.165, 1.54) is 18.2 Å². The van der Waals surface area contributed by atoms with E-state index in [4.69, 9.17) is 0 Å². The molecule has 0 aliphatic heterocycles. The smallest absolute Gasteiger partial charge is 0.271 e. The van der Waals surface area contributed by atoms with E-state index in [1.807, 2.05) is 31.2 Å². The maximum Gasteiger partial charge on any atom is 0.271 e. The van der Waals surface area contributed by atoms with Gasteiger partial charge in [-0.25, -0.2) is 8.42 Å². The van der Waals surface area contributed by atoms with E-state index in [0.717, 1.165) is 21.7 Å². The Labute approximate surface area is 170 Å². The molecule has 8 nitrogen and oxygen atoms in total. The van der Waals surface area contributed by atoms with Crippen LogP contribution in [0.1, 0.15) is 29.5 Å². The van der Waals surface area contributed by atoms with Crippen LogP contribution >= 0.6 is 0 Å². The molecule has 29 heavy (non-hydrogen) atoms. The number of hydrogen-bond acceptors (Lipinski definition) is 5. The van der Waals surface area contributed by atoms with E-state index in [-0.39, 0.29) is 36.7 Å². The second-order valence-corrected chi connectivity index (χ2v) is 8.78. The van der Waals surface area contributed by atoms with Gasteiger partial charge >= 0.3 is 0 Å². The highest BCUT2D eigenvalue weighted by Gasteiger charge is 2.22. The molecule has 0 aliphatic rings. The van der Waals surface area contributed by atoms with Gasteiger partial charge in [-0.15, -0.1) is 0 Å². The summed E-state index contributed by atoms with van der Waals surface area (Å²) in [5.74, 6) is -0.183. The Bertz CT molecular complexity index is 1000. The lowest BCUT2D eigenvalue weighted by molar-refractivity contribution is -0.384. The van der Waals surface area contributed by atoms with E-state index < -0.39 is 14.9 Å². The van der Waals surface area contributed by atoms with Gasteiger partial charge in [0.1, 0.15) is 0 Å². The predicted octanol–water partition coefficient (Wildman–Crippen LogP) is 3.07. The van der Waals surface area contributed by atoms with Crippen LogP contribution in [-0.4, -0.2) is 32.0 Å². The van der Waals surface area contributed by atoms with Gasteiger partial charge in [0.05, 0.1) is 16.9 Å². The summed E-state index contributed by atoms with van der Waals surface area (Å²) in [7, 11) is -3.66. The molecule has 0 aromatic heterocycles. The fraction of sp³-hybridized carbons (Fsp3) is 0.350. The summed E-state index contributed by atoms with van der Waals surface area (Å²) >= 11 is 0. The number of benzene rings is 2. The van der Waals surface area contributed by atoms with Gasteiger partial charge in [-0.1, -0.05) is 30.3 Å². The van der Waals surface area contributed by atoms with Crippen LogP contribution in [0.3, 0.4) is 0 Å². The van der Waals surface area contributed by atoms with Gasteiger partial charge in [-0.2, -0.15) is 0 Å². The number of carbonyl (C=O) groups is 1. The molecule has 0 radical (unpaired) electrons. The molecule has 0 saturated carbocycles. The van der Waals surface area contributed by atoms with Crippen molar-refractivity contribution in [2.75, 3.05) is 17.1 Å². The second kappa shape index (κ2) is 9.51. The number of anilines is 1. The molecule has 2 aromatic carbocycles. The van der Waals surface area contributed by atoms with Crippen LogP contribution in [-0.2, 0) is 21.4 Å². The number of nitrogens with one attached hydrogen (secondary N) is 1. The molecule has 0 unspecified atom stereocenters. The van der Waals surface area contributed by atoms with Gasteiger partial charge in [0.15, 0.2) is 0 Å². The molecule has 2 rings (SSSR count). The summed E-state index contributed by atoms with van der Waals surface area (Å²) in [4.78, 5) is 22.6. The molecule has 0 spiro atoms. The maximum atomic E-state index is 12.2. The van der Waals surface area contributed by atoms with Gasteiger partial charge in [0.2, 0.25) is 15.9 Å². The Morgan fingerprint density at radius 2 is 1.83 bits per heavy atom. The minimum atomic E-state index is -3.66. The highest BCUT2D eigenvalue weighted by molar-refractivity contribution is 7.92. The van der Waals surface area contributed by atoms with Gasteiger partial charge in [-0.05, 0) is 37.0 Å². The largest absolute Gasteiger partial charge is 0.352 e. The number of nitro groups is 1. The van der Waals surface area contributed by atoms with Crippen molar-refractivity contribution in [2.45, 2.75) is 33.2 Å². The van der Waals surface area contributed by atoms with Crippen molar-refractivity contribution in [1.29, 1.82) is 0 Å². The van der Waals surface area contributed by atoms with Gasteiger partial charge in [-0.3, -0.25) is 19.2 Å². The predicted molar refractivity (Wildman–Crippen MR) is 112 cm³/mol. The summed E-state index contributed by atoms with van der Waals surface area (Å²) in [6.45, 7) is 4.11. The molecular weight excluding hydrogens is 394 g/mol. The maximum absolute atomic E-state index is 12.2. The first-order chi connectivity index (χ1) is 13.6. The molecule has 1 amide bonds. The van der Waals surface area contributed by atoms with E-state index >= 15 is 0 Å². The first-order valence-electron chi connectivity index (χ1n) is 9.13. The van der Waals surface area contributed by atoms with Crippen molar-refractivity contribution in [3.8, 4) is 0 Å². The van der Waals surface area contributed by atoms with Gasteiger partial charge in [0, 0.05) is 31.6 Å². The Hall–Kier alpha value is -2.94. The van der Waals surface area contributed by atoms with E-state index in [9.17, 15) is 23.3 Å². The summed E-state index contributed by atoms with van der Waals surface area (Å²) < 4.78 is 25.6. The van der Waals surface area contributed by atoms with E-state index in [0.29, 0.717) is 12.1 Å². The Balaban J connectivity index is 2.02. The van der Waals surface area contributed by atoms with Crippen molar-refractivity contribution in [3.63, 3.8) is 0 Å². The van der Waals surface area contributed by atoms with Crippen molar-refractivity contribution in [3.05, 3.63) is 69.3 Å². The van der Waals surface area contributed by atoms with Crippen molar-refractivity contribution >= 4 is 27.3 Å². The zero-order valence-corrected chi connectivity index (χ0v) is 17.5. The fourth-order valence-electron chi connectivity index (χ4n) is 2.92. The number of non-ortho nitro benzene ring substituents is 1. The number of nitrogens with zero attached hydrogens (tertiary/aromatic N) is 2. The molecule has 0 aliphatic carbocycles. The first-order valence-corrected chi connectivity index (χ1v) is 11.0. The molecule has 0 atom stereocenters. The topological polar surface area (TPSA) is 110 Å². The SMILES string of the molecule is Cc1ccccc1CNC(=O)CCCN(c1cc([N+](=O)[O-])ccc1C)S(C)(=O)=O. The third-order valence-electron chi connectivity index (χ3n) is 4.57. The molecule has 0 saturated heterocycles. The minimum absolute atomic E-state index is 0.0542. The summed E-state index contributed by atoms with van der Waals surface area (Å²) in [5.41, 5.74) is 2.77. The second-order valence-electron chi connectivity index (χ2n) is 6.87. The number of carbonyl (C=O) groups excluding carboxylic acids is 1. The quantitative estimate of drug-likeness (QED) is 0.496. The molecule has 2 aromatic rings. The summed E-state index contributed by atoms with van der Waals surface area (Å²) in [5, 5.41) is 13.9. The lowest BCUT2D eigenvalue weighted by atomic mass is 10.1. The van der Waals surface area contributed by atoms with Crippen molar-refractivity contribution in [2.24, 2.45) is 0 Å². The highest BCUT2D eigenvalue weighted by Crippen LogP contribution is 2.27. The number of rotatable bonds is 9. The lowest BCUT2D eigenvalue weighted by Gasteiger charge is -2.24. The third kappa shape index (κ3) is 6.28. The van der Waals surface area contributed by atoms with Crippen LogP contribution in [0.15, 0.2) is 42.5 Å². The van der Waals surface area contributed by atoms with Crippen molar-refractivity contribution < 1.29 is 18.1 Å². The van der Waals surface area contributed by atoms with Crippen LogP contribution < -0.4 is 9.62 Å². The Kier molecular flexibility index (Phi) is 7.33. The summed E-state index contributed by atoms with van der Waals surface area (Å²) in [6, 6.07) is 11.8. The molecule has 9 heteroatoms. The Morgan fingerprint density at radius 1 is 1.14 bits per heavy atom. The molecule has 1 N–H and O–H groups in total. The number of aryl methyl sites for hydroxylation is 2. The first kappa shape index (κ1) is 22.4. The number of hydrogen-bond donors (Lipinski definition) is 1. The highest BCUT2D eigenvalue weighted by atomic mass is 32.2. The van der Waals surface area contributed by atoms with E-state index in [1.54, 1.807) is 6.92 Å².